The molecular weight excluding hydrogens is 162 g/mol. The minimum Gasteiger partial charge on any atom is -1.00 e. The second-order valence-electron chi connectivity index (χ2n) is 0. The molecule has 0 atom stereocenters. The molecule has 0 aromatic heterocycles. The molecule has 4 heteroatoms. The molecule has 0 aliphatic carbocycles. The van der Waals surface area contributed by atoms with Crippen molar-refractivity contribution in [3.63, 3.8) is 0 Å². The van der Waals surface area contributed by atoms with Crippen molar-refractivity contribution in [1.29, 1.82) is 0 Å². The number of hydrogen-bond acceptors (Lipinski definition) is 0. The molecule has 0 aromatic carbocycles. The Balaban J connectivity index is 0. The molecule has 0 amide bonds. The van der Waals surface area contributed by atoms with E-state index >= 15 is 0 Å². The second-order valence-corrected chi connectivity index (χ2v) is 0. The minimum atomic E-state index is 0. The van der Waals surface area contributed by atoms with Gasteiger partial charge in [-0.1, -0.05) is 0 Å². The maximum Gasteiger partial charge on any atom is 2.00 e. The van der Waals surface area contributed by atoms with E-state index in [0.717, 1.165) is 0 Å². The third-order valence-electron chi connectivity index (χ3n) is 0. The first-order chi connectivity index (χ1) is 0. The van der Waals surface area contributed by atoms with Crippen molar-refractivity contribution >= 4 is 50.1 Å². The fraction of sp³-hybridized carbons (Fsp3) is 0. The zero-order valence-electron chi connectivity index (χ0n) is 4.49. The van der Waals surface area contributed by atoms with E-state index in [-0.39, 0.29) is 88.8 Å². The van der Waals surface area contributed by atoms with Crippen LogP contribution in [0, 0.1) is 0 Å². The molecule has 0 aliphatic heterocycles. The summed E-state index contributed by atoms with van der Waals surface area (Å²) in [5.74, 6) is 0. The second kappa shape index (κ2) is 17.5. The molecule has 0 N–H and O–H groups in total. The SMILES string of the molecule is Cl.[Br-].[Ca+2].[H-].[H-].[Li+]. The molecule has 0 radical (unpaired) electrons. The summed E-state index contributed by atoms with van der Waals surface area (Å²) < 4.78 is 0. The van der Waals surface area contributed by atoms with E-state index in [0.29, 0.717) is 0 Å². The Bertz CT molecular complexity index is 13.5. The first-order valence-electron chi connectivity index (χ1n) is 0. The van der Waals surface area contributed by atoms with E-state index in [1.807, 2.05) is 0 Å². The van der Waals surface area contributed by atoms with E-state index in [4.69, 9.17) is 0 Å². The van der Waals surface area contributed by atoms with Gasteiger partial charge in [-0.25, -0.2) is 0 Å². The molecule has 0 heterocycles. The van der Waals surface area contributed by atoms with Crippen molar-refractivity contribution < 1.29 is 38.7 Å². The average Bonchev–Trinajstić information content (AvgIpc) is 0. The molecule has 0 unspecified atom stereocenters. The summed E-state index contributed by atoms with van der Waals surface area (Å²) in [5.41, 5.74) is 0. The molecule has 0 saturated carbocycles. The standard InChI is InChI=1S/BrH.Ca.ClH.Li.2H/h1H;;1H;;;/q;+2;;+1;2*-1/p-1. The summed E-state index contributed by atoms with van der Waals surface area (Å²) in [6, 6.07) is 0. The Kier molecular flexibility index (Phi) is 133. The first kappa shape index (κ1) is 30.4. The van der Waals surface area contributed by atoms with Crippen LogP contribution < -0.4 is 35.8 Å². The summed E-state index contributed by atoms with van der Waals surface area (Å²) in [7, 11) is 0. The van der Waals surface area contributed by atoms with Crippen molar-refractivity contribution in [3.8, 4) is 0 Å². The van der Waals surface area contributed by atoms with E-state index < -0.39 is 0 Å². The van der Waals surface area contributed by atoms with Gasteiger partial charge in [-0.3, -0.25) is 0 Å². The summed E-state index contributed by atoms with van der Waals surface area (Å²) in [6.07, 6.45) is 0. The van der Waals surface area contributed by atoms with Gasteiger partial charge < -0.3 is 19.8 Å². The van der Waals surface area contributed by atoms with Gasteiger partial charge in [0.05, 0.1) is 0 Å². The van der Waals surface area contributed by atoms with Crippen molar-refractivity contribution in [2.45, 2.75) is 0 Å². The van der Waals surface area contributed by atoms with Crippen LogP contribution in [0.4, 0.5) is 0 Å². The van der Waals surface area contributed by atoms with Gasteiger partial charge >= 0.3 is 56.6 Å². The van der Waals surface area contributed by atoms with Gasteiger partial charge in [0.15, 0.2) is 0 Å². The number of hydrogen-bond donors (Lipinski definition) is 0. The van der Waals surface area contributed by atoms with Gasteiger partial charge in [-0.15, -0.1) is 12.4 Å². The molecule has 0 saturated heterocycles. The van der Waals surface area contributed by atoms with Gasteiger partial charge in [-0.05, 0) is 0 Å². The zero-order valence-corrected chi connectivity index (χ0v) is 7.10. The first-order valence-corrected chi connectivity index (χ1v) is 0. The van der Waals surface area contributed by atoms with Crippen LogP contribution in [0.2, 0.25) is 0 Å². The Morgan fingerprint density at radius 1 is 1.25 bits per heavy atom. The third kappa shape index (κ3) is 8.82. The van der Waals surface area contributed by atoms with E-state index in [2.05, 4.69) is 0 Å². The molecule has 0 aromatic rings. The molecule has 4 heavy (non-hydrogen) atoms. The Morgan fingerprint density at radius 3 is 1.25 bits per heavy atom. The Morgan fingerprint density at radius 2 is 1.25 bits per heavy atom. The third-order valence-corrected chi connectivity index (χ3v) is 0. The van der Waals surface area contributed by atoms with Crippen molar-refractivity contribution in [1.82, 2.24) is 0 Å². The van der Waals surface area contributed by atoms with Crippen LogP contribution in [0.1, 0.15) is 2.85 Å². The molecule has 0 fully saturated rings. The predicted octanol–water partition coefficient (Wildman–Crippen LogP) is -5.73. The Labute approximate surface area is 87.4 Å². The van der Waals surface area contributed by atoms with Gasteiger partial charge in [0.1, 0.15) is 0 Å². The monoisotopic (exact) mass is 164 g/mol. The average molecular weight is 165 g/mol. The largest absolute Gasteiger partial charge is 2.00 e. The van der Waals surface area contributed by atoms with Crippen LogP contribution in [-0.4, -0.2) is 37.7 Å². The summed E-state index contributed by atoms with van der Waals surface area (Å²) in [5, 5.41) is 0. The number of rotatable bonds is 0. The van der Waals surface area contributed by atoms with E-state index in [1.54, 1.807) is 0 Å². The van der Waals surface area contributed by atoms with E-state index in [9.17, 15) is 0 Å². The molecule has 0 spiro atoms. The predicted molar refractivity (Wildman–Crippen MR) is 15.2 cm³/mol. The van der Waals surface area contributed by atoms with Gasteiger partial charge in [0.2, 0.25) is 0 Å². The zero-order chi connectivity index (χ0) is 0. The van der Waals surface area contributed by atoms with Gasteiger partial charge in [0, 0.05) is 0 Å². The van der Waals surface area contributed by atoms with Crippen LogP contribution in [-0.2, 0) is 0 Å². The maximum atomic E-state index is 0. The van der Waals surface area contributed by atoms with Gasteiger partial charge in [0.25, 0.3) is 0 Å². The minimum absolute atomic E-state index is 0. The fourth-order valence-electron chi connectivity index (χ4n) is 0. The summed E-state index contributed by atoms with van der Waals surface area (Å²) in [4.78, 5) is 0. The topological polar surface area (TPSA) is 0 Å². The smallest absolute Gasteiger partial charge is 1.00 e. The molecule has 0 nitrogen and oxygen atoms in total. The van der Waals surface area contributed by atoms with Crippen molar-refractivity contribution in [2.75, 3.05) is 0 Å². The van der Waals surface area contributed by atoms with Gasteiger partial charge in [-0.2, -0.15) is 0 Å². The Hall–Kier alpha value is 2.63. The molecule has 0 rings (SSSR count). The molecule has 20 valence electrons. The molecule has 0 aliphatic rings. The summed E-state index contributed by atoms with van der Waals surface area (Å²) in [6.45, 7) is 0. The van der Waals surface area contributed by atoms with E-state index in [1.165, 1.54) is 0 Å². The number of halogens is 2. The maximum absolute atomic E-state index is 0. The summed E-state index contributed by atoms with van der Waals surface area (Å²) >= 11 is 0. The van der Waals surface area contributed by atoms with Crippen LogP contribution in [0.3, 0.4) is 0 Å². The van der Waals surface area contributed by atoms with Crippen molar-refractivity contribution in [3.05, 3.63) is 0 Å². The molecular formula is H3BrCaClLi. The normalized spacial score (nSPS) is 0. The molecule has 0 bridgehead atoms. The quantitative estimate of drug-likeness (QED) is 0.314. The van der Waals surface area contributed by atoms with Crippen LogP contribution >= 0.6 is 12.4 Å². The van der Waals surface area contributed by atoms with Crippen molar-refractivity contribution in [2.24, 2.45) is 0 Å². The van der Waals surface area contributed by atoms with Crippen LogP contribution in [0.5, 0.6) is 0 Å². The van der Waals surface area contributed by atoms with Crippen LogP contribution in [0.25, 0.3) is 0 Å². The van der Waals surface area contributed by atoms with Crippen LogP contribution in [0.15, 0.2) is 0 Å². The fourth-order valence-corrected chi connectivity index (χ4v) is 0.